The monoisotopic (exact) mass is 334 g/mol. The van der Waals surface area contributed by atoms with Gasteiger partial charge < -0.3 is 15.7 Å². The van der Waals surface area contributed by atoms with Crippen molar-refractivity contribution in [3.05, 3.63) is 29.8 Å². The summed E-state index contributed by atoms with van der Waals surface area (Å²) in [6.45, 7) is 6.20. The third kappa shape index (κ3) is 6.40. The highest BCUT2D eigenvalue weighted by molar-refractivity contribution is 5.96. The van der Waals surface area contributed by atoms with E-state index in [0.29, 0.717) is 11.3 Å². The molecule has 0 saturated carbocycles. The van der Waals surface area contributed by atoms with Gasteiger partial charge in [0.1, 0.15) is 0 Å². The topological polar surface area (TPSA) is 95.5 Å². The molecule has 132 valence electrons. The van der Waals surface area contributed by atoms with E-state index in [-0.39, 0.29) is 36.6 Å². The maximum absolute atomic E-state index is 12.3. The molecular formula is C18H26N2O4. The van der Waals surface area contributed by atoms with Crippen LogP contribution in [-0.4, -0.2) is 29.4 Å². The van der Waals surface area contributed by atoms with Gasteiger partial charge in [-0.15, -0.1) is 0 Å². The lowest BCUT2D eigenvalue weighted by molar-refractivity contribution is -0.136. The van der Waals surface area contributed by atoms with E-state index in [0.717, 1.165) is 12.8 Å². The maximum Gasteiger partial charge on any atom is 0.305 e. The zero-order valence-corrected chi connectivity index (χ0v) is 14.5. The SMILES string of the molecule is CCCC(C(=O)Nc1ccc(C(=O)NCCC(=O)O)cc1)C(C)C. The molecule has 1 aromatic carbocycles. The summed E-state index contributed by atoms with van der Waals surface area (Å²) >= 11 is 0. The fourth-order valence-electron chi connectivity index (χ4n) is 2.40. The first-order valence-corrected chi connectivity index (χ1v) is 8.26. The summed E-state index contributed by atoms with van der Waals surface area (Å²) in [6.07, 6.45) is 1.67. The minimum atomic E-state index is -0.958. The van der Waals surface area contributed by atoms with Crippen LogP contribution >= 0.6 is 0 Å². The average molecular weight is 334 g/mol. The Hall–Kier alpha value is -2.37. The summed E-state index contributed by atoms with van der Waals surface area (Å²) in [5.74, 6) is -1.07. The molecule has 0 heterocycles. The van der Waals surface area contributed by atoms with E-state index in [9.17, 15) is 14.4 Å². The molecular weight excluding hydrogens is 308 g/mol. The van der Waals surface area contributed by atoms with Crippen LogP contribution in [0.15, 0.2) is 24.3 Å². The van der Waals surface area contributed by atoms with Crippen molar-refractivity contribution in [1.29, 1.82) is 0 Å². The molecule has 0 fully saturated rings. The van der Waals surface area contributed by atoms with Crippen molar-refractivity contribution in [2.24, 2.45) is 11.8 Å². The van der Waals surface area contributed by atoms with Crippen molar-refractivity contribution >= 4 is 23.5 Å². The van der Waals surface area contributed by atoms with E-state index < -0.39 is 5.97 Å². The molecule has 24 heavy (non-hydrogen) atoms. The number of carboxylic acids is 1. The smallest absolute Gasteiger partial charge is 0.305 e. The van der Waals surface area contributed by atoms with Crippen LogP contribution in [0.5, 0.6) is 0 Å². The van der Waals surface area contributed by atoms with Crippen LogP contribution < -0.4 is 10.6 Å². The van der Waals surface area contributed by atoms with Gasteiger partial charge >= 0.3 is 5.97 Å². The van der Waals surface area contributed by atoms with Gasteiger partial charge in [-0.3, -0.25) is 14.4 Å². The van der Waals surface area contributed by atoms with Gasteiger partial charge in [-0.2, -0.15) is 0 Å². The Morgan fingerprint density at radius 1 is 1.12 bits per heavy atom. The summed E-state index contributed by atoms with van der Waals surface area (Å²) in [5.41, 5.74) is 1.07. The molecule has 0 bridgehead atoms. The fraction of sp³-hybridized carbons (Fsp3) is 0.500. The van der Waals surface area contributed by atoms with Crippen LogP contribution in [0.25, 0.3) is 0 Å². The fourth-order valence-corrected chi connectivity index (χ4v) is 2.40. The van der Waals surface area contributed by atoms with Crippen molar-refractivity contribution in [1.82, 2.24) is 5.32 Å². The number of hydrogen-bond acceptors (Lipinski definition) is 3. The lowest BCUT2D eigenvalue weighted by atomic mass is 9.90. The average Bonchev–Trinajstić information content (AvgIpc) is 2.52. The third-order valence-electron chi connectivity index (χ3n) is 3.78. The molecule has 0 spiro atoms. The number of hydrogen-bond donors (Lipinski definition) is 3. The summed E-state index contributed by atoms with van der Waals surface area (Å²) in [7, 11) is 0. The normalized spacial score (nSPS) is 11.8. The number of rotatable bonds is 9. The molecule has 1 rings (SSSR count). The molecule has 1 atom stereocenters. The molecule has 1 aromatic rings. The lowest BCUT2D eigenvalue weighted by Gasteiger charge is -2.19. The van der Waals surface area contributed by atoms with Gasteiger partial charge in [-0.1, -0.05) is 27.2 Å². The van der Waals surface area contributed by atoms with E-state index in [2.05, 4.69) is 17.6 Å². The molecule has 0 aromatic heterocycles. The van der Waals surface area contributed by atoms with Crippen LogP contribution in [0.1, 0.15) is 50.4 Å². The van der Waals surface area contributed by atoms with E-state index in [1.54, 1.807) is 24.3 Å². The van der Waals surface area contributed by atoms with E-state index >= 15 is 0 Å². The molecule has 0 aliphatic heterocycles. The van der Waals surface area contributed by atoms with E-state index in [1.165, 1.54) is 0 Å². The second-order valence-corrected chi connectivity index (χ2v) is 6.11. The molecule has 1 unspecified atom stereocenters. The highest BCUT2D eigenvalue weighted by Crippen LogP contribution is 2.20. The number of carboxylic acid groups (broad SMARTS) is 1. The number of nitrogens with one attached hydrogen (secondary N) is 2. The zero-order chi connectivity index (χ0) is 18.1. The van der Waals surface area contributed by atoms with Crippen LogP contribution in [0.2, 0.25) is 0 Å². The van der Waals surface area contributed by atoms with Gasteiger partial charge in [0.25, 0.3) is 5.91 Å². The second-order valence-electron chi connectivity index (χ2n) is 6.11. The lowest BCUT2D eigenvalue weighted by Crippen LogP contribution is -2.27. The first kappa shape index (κ1) is 19.7. The minimum absolute atomic E-state index is 0.00879. The van der Waals surface area contributed by atoms with Crippen LogP contribution in [0, 0.1) is 11.8 Å². The molecule has 0 aliphatic carbocycles. The molecule has 0 aliphatic rings. The third-order valence-corrected chi connectivity index (χ3v) is 3.78. The van der Waals surface area contributed by atoms with E-state index in [1.807, 2.05) is 13.8 Å². The quantitative estimate of drug-likeness (QED) is 0.647. The maximum atomic E-state index is 12.3. The summed E-state index contributed by atoms with van der Waals surface area (Å²) < 4.78 is 0. The van der Waals surface area contributed by atoms with Crippen molar-refractivity contribution in [2.75, 3.05) is 11.9 Å². The Kier molecular flexibility index (Phi) is 7.95. The minimum Gasteiger partial charge on any atom is -0.481 e. The Morgan fingerprint density at radius 2 is 1.75 bits per heavy atom. The number of benzene rings is 1. The summed E-state index contributed by atoms with van der Waals surface area (Å²) in [6, 6.07) is 6.56. The second kappa shape index (κ2) is 9.70. The van der Waals surface area contributed by atoms with Crippen molar-refractivity contribution in [2.45, 2.75) is 40.0 Å². The van der Waals surface area contributed by atoms with Crippen molar-refractivity contribution in [3.63, 3.8) is 0 Å². The molecule has 0 radical (unpaired) electrons. The number of aliphatic carboxylic acids is 1. The van der Waals surface area contributed by atoms with Gasteiger partial charge in [0.2, 0.25) is 5.91 Å². The number of amides is 2. The molecule has 2 amide bonds. The van der Waals surface area contributed by atoms with Gasteiger partial charge in [0.15, 0.2) is 0 Å². The zero-order valence-electron chi connectivity index (χ0n) is 14.5. The van der Waals surface area contributed by atoms with Crippen LogP contribution in [-0.2, 0) is 9.59 Å². The number of anilines is 1. The Balaban J connectivity index is 2.62. The van der Waals surface area contributed by atoms with Crippen LogP contribution in [0.4, 0.5) is 5.69 Å². The highest BCUT2D eigenvalue weighted by atomic mass is 16.4. The van der Waals surface area contributed by atoms with Crippen molar-refractivity contribution in [3.8, 4) is 0 Å². The highest BCUT2D eigenvalue weighted by Gasteiger charge is 2.21. The van der Waals surface area contributed by atoms with Gasteiger partial charge in [0.05, 0.1) is 6.42 Å². The Bertz CT molecular complexity index is 567. The first-order valence-electron chi connectivity index (χ1n) is 8.26. The number of carbonyl (C=O) groups is 3. The van der Waals surface area contributed by atoms with Gasteiger partial charge in [-0.25, -0.2) is 0 Å². The predicted octanol–water partition coefficient (Wildman–Crippen LogP) is 2.90. The number of carbonyl (C=O) groups excluding carboxylic acids is 2. The first-order chi connectivity index (χ1) is 11.3. The molecule has 0 saturated heterocycles. The summed E-state index contributed by atoms with van der Waals surface area (Å²) in [5, 5.41) is 14.0. The molecule has 6 heteroatoms. The largest absolute Gasteiger partial charge is 0.481 e. The molecule has 6 nitrogen and oxygen atoms in total. The van der Waals surface area contributed by atoms with Gasteiger partial charge in [-0.05, 0) is 36.6 Å². The van der Waals surface area contributed by atoms with E-state index in [4.69, 9.17) is 5.11 Å². The molecule has 3 N–H and O–H groups in total. The standard InChI is InChI=1S/C18H26N2O4/c1-4-5-15(12(2)3)18(24)20-14-8-6-13(7-9-14)17(23)19-11-10-16(21)22/h6-9,12,15H,4-5,10-11H2,1-3H3,(H,19,23)(H,20,24)(H,21,22). The van der Waals surface area contributed by atoms with Crippen LogP contribution in [0.3, 0.4) is 0 Å². The van der Waals surface area contributed by atoms with Gasteiger partial charge in [0, 0.05) is 23.7 Å². The summed E-state index contributed by atoms with van der Waals surface area (Å²) in [4.78, 5) is 34.6. The Morgan fingerprint density at radius 3 is 2.25 bits per heavy atom. The van der Waals surface area contributed by atoms with Crippen molar-refractivity contribution < 1.29 is 19.5 Å². The Labute approximate surface area is 142 Å². The predicted molar refractivity (Wildman–Crippen MR) is 92.9 cm³/mol.